The molecular formula is C17H21N5. The molecule has 0 aliphatic carbocycles. The molecule has 1 aromatic carbocycles. The van der Waals surface area contributed by atoms with Crippen LogP contribution in [0.3, 0.4) is 0 Å². The van der Waals surface area contributed by atoms with Gasteiger partial charge in [0.05, 0.1) is 6.04 Å². The minimum atomic E-state index is 0.380. The van der Waals surface area contributed by atoms with Gasteiger partial charge in [-0.15, -0.1) is 0 Å². The molecule has 5 heteroatoms. The van der Waals surface area contributed by atoms with Crippen LogP contribution in [0.25, 0.3) is 22.3 Å². The summed E-state index contributed by atoms with van der Waals surface area (Å²) in [7, 11) is 4.19. The van der Waals surface area contributed by atoms with E-state index in [1.54, 1.807) is 0 Å². The molecule has 1 unspecified atom stereocenters. The summed E-state index contributed by atoms with van der Waals surface area (Å²) in [5.41, 5.74) is 2.21. The van der Waals surface area contributed by atoms with E-state index >= 15 is 0 Å². The Morgan fingerprint density at radius 3 is 2.91 bits per heavy atom. The monoisotopic (exact) mass is 295 g/mol. The Kier molecular flexibility index (Phi) is 3.22. The van der Waals surface area contributed by atoms with Crippen molar-refractivity contribution in [3.05, 3.63) is 36.3 Å². The van der Waals surface area contributed by atoms with Crippen LogP contribution in [0.5, 0.6) is 0 Å². The molecule has 0 saturated carbocycles. The van der Waals surface area contributed by atoms with Crippen LogP contribution in [0.2, 0.25) is 0 Å². The van der Waals surface area contributed by atoms with Crippen molar-refractivity contribution in [3.63, 3.8) is 0 Å². The Bertz CT molecular complexity index is 800. The van der Waals surface area contributed by atoms with Crippen LogP contribution < -0.4 is 0 Å². The molecule has 0 radical (unpaired) electrons. The lowest BCUT2D eigenvalue weighted by Gasteiger charge is -2.31. The van der Waals surface area contributed by atoms with E-state index in [0.717, 1.165) is 35.7 Å². The van der Waals surface area contributed by atoms with Crippen molar-refractivity contribution >= 4 is 10.9 Å². The van der Waals surface area contributed by atoms with Crippen LogP contribution >= 0.6 is 0 Å². The first-order valence-corrected chi connectivity index (χ1v) is 7.91. The molecule has 1 N–H and O–H groups in total. The molecule has 4 rings (SSSR count). The lowest BCUT2D eigenvalue weighted by Crippen LogP contribution is -2.31. The Morgan fingerprint density at radius 1 is 1.18 bits per heavy atom. The summed E-state index contributed by atoms with van der Waals surface area (Å²) in [4.78, 5) is 10.6. The fourth-order valence-electron chi connectivity index (χ4n) is 3.46. The van der Waals surface area contributed by atoms with Crippen molar-refractivity contribution in [1.29, 1.82) is 0 Å². The highest BCUT2D eigenvalue weighted by Crippen LogP contribution is 2.31. The normalized spacial score (nSPS) is 19.8. The van der Waals surface area contributed by atoms with Gasteiger partial charge in [0.25, 0.3) is 0 Å². The van der Waals surface area contributed by atoms with Gasteiger partial charge in [0.15, 0.2) is 5.82 Å². The summed E-state index contributed by atoms with van der Waals surface area (Å²) in [5.74, 6) is 1.89. The van der Waals surface area contributed by atoms with E-state index in [-0.39, 0.29) is 0 Å². The number of nitrogens with zero attached hydrogens (tertiary/aromatic N) is 4. The number of H-pyrrole nitrogens is 1. The van der Waals surface area contributed by atoms with Crippen molar-refractivity contribution < 1.29 is 0 Å². The van der Waals surface area contributed by atoms with Crippen LogP contribution in [0.1, 0.15) is 31.1 Å². The highest BCUT2D eigenvalue weighted by Gasteiger charge is 2.26. The summed E-state index contributed by atoms with van der Waals surface area (Å²) in [6.07, 6.45) is 5.72. The predicted molar refractivity (Wildman–Crippen MR) is 87.5 cm³/mol. The average Bonchev–Trinajstić information content (AvgIpc) is 3.11. The maximum absolute atomic E-state index is 4.87. The van der Waals surface area contributed by atoms with Gasteiger partial charge in [-0.05, 0) is 32.5 Å². The van der Waals surface area contributed by atoms with E-state index in [2.05, 4.69) is 40.2 Å². The molecule has 2 aromatic heterocycles. The zero-order valence-electron chi connectivity index (χ0n) is 13.1. The van der Waals surface area contributed by atoms with E-state index < -0.39 is 0 Å². The first kappa shape index (κ1) is 13.5. The lowest BCUT2D eigenvalue weighted by molar-refractivity contribution is 0.175. The largest absolute Gasteiger partial charge is 0.360 e. The Hall–Kier alpha value is -2.14. The standard InChI is InChI=1S/C17H21N5/c1-21-10-6-5-9-15(21)17-19-16(20-22(17)2)13-11-18-14-8-4-3-7-12(13)14/h3-4,7-8,11,15,18H,5-6,9-10H2,1-2H3. The third-order valence-corrected chi connectivity index (χ3v) is 4.70. The van der Waals surface area contributed by atoms with Gasteiger partial charge in [-0.25, -0.2) is 4.98 Å². The van der Waals surface area contributed by atoms with Gasteiger partial charge in [0.1, 0.15) is 5.82 Å². The van der Waals surface area contributed by atoms with Crippen molar-refractivity contribution in [2.45, 2.75) is 25.3 Å². The van der Waals surface area contributed by atoms with Crippen molar-refractivity contribution in [2.75, 3.05) is 13.6 Å². The minimum absolute atomic E-state index is 0.380. The molecule has 0 bridgehead atoms. The number of aryl methyl sites for hydroxylation is 1. The molecule has 0 amide bonds. The van der Waals surface area contributed by atoms with Crippen molar-refractivity contribution in [2.24, 2.45) is 7.05 Å². The van der Waals surface area contributed by atoms with Gasteiger partial charge < -0.3 is 4.98 Å². The second-order valence-electron chi connectivity index (χ2n) is 6.16. The third-order valence-electron chi connectivity index (χ3n) is 4.70. The SMILES string of the molecule is CN1CCCCC1c1nc(-c2c[nH]c3ccccc23)nn1C. The van der Waals surface area contributed by atoms with Gasteiger partial charge in [-0.3, -0.25) is 9.58 Å². The third kappa shape index (κ3) is 2.13. The molecule has 3 heterocycles. The van der Waals surface area contributed by atoms with E-state index in [4.69, 9.17) is 4.98 Å². The zero-order valence-corrected chi connectivity index (χ0v) is 13.1. The number of rotatable bonds is 2. The zero-order chi connectivity index (χ0) is 15.1. The van der Waals surface area contributed by atoms with E-state index in [0.29, 0.717) is 6.04 Å². The Morgan fingerprint density at radius 2 is 2.05 bits per heavy atom. The van der Waals surface area contributed by atoms with Crippen molar-refractivity contribution in [3.8, 4) is 11.4 Å². The van der Waals surface area contributed by atoms with Crippen LogP contribution in [-0.2, 0) is 7.05 Å². The minimum Gasteiger partial charge on any atom is -0.360 e. The average molecular weight is 295 g/mol. The topological polar surface area (TPSA) is 49.7 Å². The molecule has 1 atom stereocenters. The maximum atomic E-state index is 4.87. The lowest BCUT2D eigenvalue weighted by atomic mass is 10.0. The number of benzene rings is 1. The smallest absolute Gasteiger partial charge is 0.183 e. The second kappa shape index (κ2) is 5.25. The van der Waals surface area contributed by atoms with Crippen molar-refractivity contribution in [1.82, 2.24) is 24.6 Å². The van der Waals surface area contributed by atoms with Crippen LogP contribution in [0.4, 0.5) is 0 Å². The van der Waals surface area contributed by atoms with Gasteiger partial charge in [-0.1, -0.05) is 24.6 Å². The number of aromatic nitrogens is 4. The van der Waals surface area contributed by atoms with Gasteiger partial charge in [-0.2, -0.15) is 5.10 Å². The molecule has 0 spiro atoms. The highest BCUT2D eigenvalue weighted by atomic mass is 15.4. The summed E-state index contributed by atoms with van der Waals surface area (Å²) in [6.45, 7) is 1.14. The molecule has 1 saturated heterocycles. The number of para-hydroxylation sites is 1. The van der Waals surface area contributed by atoms with E-state index in [1.165, 1.54) is 18.2 Å². The maximum Gasteiger partial charge on any atom is 0.183 e. The molecule has 1 aliphatic rings. The molecule has 3 aromatic rings. The summed E-state index contributed by atoms with van der Waals surface area (Å²) < 4.78 is 1.95. The van der Waals surface area contributed by atoms with Gasteiger partial charge in [0.2, 0.25) is 0 Å². The number of aromatic amines is 1. The number of piperidine rings is 1. The number of hydrogen-bond donors (Lipinski definition) is 1. The summed E-state index contributed by atoms with van der Waals surface area (Å²) >= 11 is 0. The number of fused-ring (bicyclic) bond motifs is 1. The first-order chi connectivity index (χ1) is 10.7. The number of hydrogen-bond acceptors (Lipinski definition) is 3. The van der Waals surface area contributed by atoms with Gasteiger partial charge in [0, 0.05) is 29.7 Å². The second-order valence-corrected chi connectivity index (χ2v) is 6.16. The molecule has 1 fully saturated rings. The molecule has 1 aliphatic heterocycles. The van der Waals surface area contributed by atoms with E-state index in [9.17, 15) is 0 Å². The van der Waals surface area contributed by atoms with Crippen LogP contribution in [0.15, 0.2) is 30.5 Å². The number of nitrogens with one attached hydrogen (secondary N) is 1. The fraction of sp³-hybridized carbons (Fsp3) is 0.412. The Balaban J connectivity index is 1.76. The number of likely N-dealkylation sites (tertiary alicyclic amines) is 1. The van der Waals surface area contributed by atoms with Gasteiger partial charge >= 0.3 is 0 Å². The highest BCUT2D eigenvalue weighted by molar-refractivity contribution is 5.93. The van der Waals surface area contributed by atoms with E-state index in [1.807, 2.05) is 24.0 Å². The quantitative estimate of drug-likeness (QED) is 0.790. The molecule has 114 valence electrons. The fourth-order valence-corrected chi connectivity index (χ4v) is 3.46. The Labute approximate surface area is 130 Å². The molecule has 5 nitrogen and oxygen atoms in total. The first-order valence-electron chi connectivity index (χ1n) is 7.91. The molecule has 22 heavy (non-hydrogen) atoms. The predicted octanol–water partition coefficient (Wildman–Crippen LogP) is 3.12. The van der Waals surface area contributed by atoms with Crippen LogP contribution in [-0.4, -0.2) is 38.2 Å². The van der Waals surface area contributed by atoms with Crippen LogP contribution in [0, 0.1) is 0 Å². The summed E-state index contributed by atoms with van der Waals surface area (Å²) in [6, 6.07) is 8.67. The molecular weight excluding hydrogens is 274 g/mol. The summed E-state index contributed by atoms with van der Waals surface area (Å²) in [5, 5.41) is 5.85.